The van der Waals surface area contributed by atoms with E-state index in [0.29, 0.717) is 0 Å². The van der Waals surface area contributed by atoms with E-state index in [2.05, 4.69) is 14.9 Å². The number of nitro benzene ring substituents is 1. The highest BCUT2D eigenvalue weighted by molar-refractivity contribution is 7.92. The van der Waals surface area contributed by atoms with Crippen LogP contribution in [0.15, 0.2) is 35.4 Å². The molecule has 0 spiro atoms. The van der Waals surface area contributed by atoms with Gasteiger partial charge in [0.25, 0.3) is 15.7 Å². The number of rotatable bonds is 4. The Labute approximate surface area is 112 Å². The summed E-state index contributed by atoms with van der Waals surface area (Å²) in [5.74, 6) is 0.151. The summed E-state index contributed by atoms with van der Waals surface area (Å²) < 4.78 is 26.1. The molecule has 0 aliphatic rings. The monoisotopic (exact) mass is 302 g/mol. The van der Waals surface area contributed by atoms with Gasteiger partial charge in [-0.25, -0.2) is 8.42 Å². The fourth-order valence-electron chi connectivity index (χ4n) is 1.32. The van der Waals surface area contributed by atoms with Gasteiger partial charge in [-0.05, 0) is 12.1 Å². The van der Waals surface area contributed by atoms with Crippen LogP contribution < -0.4 is 4.72 Å². The van der Waals surface area contributed by atoms with Crippen molar-refractivity contribution in [1.29, 1.82) is 0 Å². The summed E-state index contributed by atoms with van der Waals surface area (Å²) in [6.07, 6.45) is 1.36. The number of H-pyrrole nitrogens is 1. The SMILES string of the molecule is O=[N+]([O-])c1cc(S(=O)(=O)Nc2ccn[nH]2)ccc1Cl. The van der Waals surface area contributed by atoms with Crippen molar-refractivity contribution < 1.29 is 13.3 Å². The van der Waals surface area contributed by atoms with Crippen LogP contribution in [0.25, 0.3) is 0 Å². The molecule has 0 saturated heterocycles. The van der Waals surface area contributed by atoms with Gasteiger partial charge < -0.3 is 0 Å². The highest BCUT2D eigenvalue weighted by atomic mass is 35.5. The molecule has 0 bridgehead atoms. The van der Waals surface area contributed by atoms with Crippen molar-refractivity contribution in [2.45, 2.75) is 4.90 Å². The van der Waals surface area contributed by atoms with Crippen LogP contribution in [0.2, 0.25) is 5.02 Å². The highest BCUT2D eigenvalue weighted by Gasteiger charge is 2.20. The van der Waals surface area contributed by atoms with Gasteiger partial charge >= 0.3 is 0 Å². The Morgan fingerprint density at radius 1 is 1.37 bits per heavy atom. The number of nitro groups is 1. The standard InChI is InChI=1S/C9H7ClN4O4S/c10-7-2-1-6(5-8(7)14(15)16)19(17,18)13-9-3-4-11-12-9/h1-5H,(H2,11,12,13). The van der Waals surface area contributed by atoms with E-state index in [-0.39, 0.29) is 15.7 Å². The quantitative estimate of drug-likeness (QED) is 0.659. The molecule has 1 aromatic carbocycles. The lowest BCUT2D eigenvalue weighted by atomic mass is 10.3. The molecule has 0 fully saturated rings. The van der Waals surface area contributed by atoms with E-state index in [1.165, 1.54) is 18.3 Å². The molecule has 0 aliphatic heterocycles. The summed E-state index contributed by atoms with van der Waals surface area (Å²) in [6.45, 7) is 0. The van der Waals surface area contributed by atoms with Crippen LogP contribution in [0.3, 0.4) is 0 Å². The lowest BCUT2D eigenvalue weighted by Gasteiger charge is -2.06. The molecule has 2 N–H and O–H groups in total. The van der Waals surface area contributed by atoms with Crippen LogP contribution >= 0.6 is 11.6 Å². The van der Waals surface area contributed by atoms with Crippen molar-refractivity contribution >= 4 is 33.1 Å². The van der Waals surface area contributed by atoms with Crippen molar-refractivity contribution in [3.63, 3.8) is 0 Å². The molecule has 2 aromatic rings. The van der Waals surface area contributed by atoms with Gasteiger partial charge in [0.05, 0.1) is 16.0 Å². The van der Waals surface area contributed by atoms with Gasteiger partial charge in [0.2, 0.25) is 0 Å². The molecule has 10 heteroatoms. The van der Waals surface area contributed by atoms with E-state index < -0.39 is 20.6 Å². The van der Waals surface area contributed by atoms with Gasteiger partial charge in [0.15, 0.2) is 0 Å². The van der Waals surface area contributed by atoms with Crippen molar-refractivity contribution in [2.24, 2.45) is 0 Å². The van der Waals surface area contributed by atoms with Crippen LogP contribution in [0.4, 0.5) is 11.5 Å². The number of hydrogen-bond donors (Lipinski definition) is 2. The molecule has 0 aliphatic carbocycles. The maximum Gasteiger partial charge on any atom is 0.289 e. The Morgan fingerprint density at radius 3 is 2.68 bits per heavy atom. The van der Waals surface area contributed by atoms with Gasteiger partial charge in [-0.1, -0.05) is 11.6 Å². The largest absolute Gasteiger partial charge is 0.289 e. The Morgan fingerprint density at radius 2 is 2.11 bits per heavy atom. The van der Waals surface area contributed by atoms with Crippen LogP contribution in [-0.4, -0.2) is 23.5 Å². The molecule has 0 saturated carbocycles. The predicted octanol–water partition coefficient (Wildman–Crippen LogP) is 1.77. The van der Waals surface area contributed by atoms with Gasteiger partial charge in [0.1, 0.15) is 10.8 Å². The normalized spacial score (nSPS) is 11.2. The molecule has 1 heterocycles. The van der Waals surface area contributed by atoms with E-state index in [1.54, 1.807) is 0 Å². The zero-order valence-electron chi connectivity index (χ0n) is 9.20. The number of anilines is 1. The average molecular weight is 303 g/mol. The lowest BCUT2D eigenvalue weighted by molar-refractivity contribution is -0.384. The first-order valence-electron chi connectivity index (χ1n) is 4.86. The first kappa shape index (κ1) is 13.3. The summed E-state index contributed by atoms with van der Waals surface area (Å²) in [4.78, 5) is 9.69. The minimum absolute atomic E-state index is 0.134. The van der Waals surface area contributed by atoms with Crippen molar-refractivity contribution in [3.8, 4) is 0 Å². The smallest absolute Gasteiger partial charge is 0.264 e. The van der Waals surface area contributed by atoms with Gasteiger partial charge in [-0.15, -0.1) is 0 Å². The van der Waals surface area contributed by atoms with E-state index in [0.717, 1.165) is 12.1 Å². The summed E-state index contributed by atoms with van der Waals surface area (Å²) in [5.41, 5.74) is -0.478. The van der Waals surface area contributed by atoms with E-state index in [4.69, 9.17) is 11.6 Å². The van der Waals surface area contributed by atoms with Crippen molar-refractivity contribution in [3.05, 3.63) is 45.6 Å². The second-order valence-electron chi connectivity index (χ2n) is 3.45. The molecule has 0 atom stereocenters. The Hall–Kier alpha value is -2.13. The minimum Gasteiger partial charge on any atom is -0.264 e. The molecule has 0 unspecified atom stereocenters. The molecular formula is C9H7ClN4O4S. The number of aromatic nitrogens is 2. The van der Waals surface area contributed by atoms with E-state index in [1.807, 2.05) is 0 Å². The lowest BCUT2D eigenvalue weighted by Crippen LogP contribution is -2.13. The second kappa shape index (κ2) is 4.86. The van der Waals surface area contributed by atoms with Crippen molar-refractivity contribution in [2.75, 3.05) is 4.72 Å². The molecule has 8 nitrogen and oxygen atoms in total. The number of benzene rings is 1. The molecule has 100 valence electrons. The van der Waals surface area contributed by atoms with Crippen LogP contribution in [0.5, 0.6) is 0 Å². The van der Waals surface area contributed by atoms with E-state index in [9.17, 15) is 18.5 Å². The van der Waals surface area contributed by atoms with Gasteiger partial charge in [-0.3, -0.25) is 19.9 Å². The highest BCUT2D eigenvalue weighted by Crippen LogP contribution is 2.27. The third-order valence-electron chi connectivity index (χ3n) is 2.17. The Balaban J connectivity index is 2.41. The Kier molecular flexibility index (Phi) is 3.40. The fourth-order valence-corrected chi connectivity index (χ4v) is 2.54. The third-order valence-corrected chi connectivity index (χ3v) is 3.85. The number of hydrogen-bond acceptors (Lipinski definition) is 5. The van der Waals surface area contributed by atoms with Gasteiger partial charge in [-0.2, -0.15) is 5.10 Å². The van der Waals surface area contributed by atoms with Crippen LogP contribution in [-0.2, 0) is 10.0 Å². The summed E-state index contributed by atoms with van der Waals surface area (Å²) in [7, 11) is -3.94. The number of aromatic amines is 1. The summed E-state index contributed by atoms with van der Waals surface area (Å²) >= 11 is 5.61. The topological polar surface area (TPSA) is 118 Å². The maximum absolute atomic E-state index is 12.0. The number of sulfonamides is 1. The molecule has 0 amide bonds. The molecule has 0 radical (unpaired) electrons. The molecule has 1 aromatic heterocycles. The first-order chi connectivity index (χ1) is 8.90. The fraction of sp³-hybridized carbons (Fsp3) is 0. The number of nitrogens with one attached hydrogen (secondary N) is 2. The zero-order valence-corrected chi connectivity index (χ0v) is 10.8. The third kappa shape index (κ3) is 2.83. The summed E-state index contributed by atoms with van der Waals surface area (Å²) in [5, 5.41) is 16.6. The second-order valence-corrected chi connectivity index (χ2v) is 5.54. The van der Waals surface area contributed by atoms with Crippen LogP contribution in [0.1, 0.15) is 0 Å². The first-order valence-corrected chi connectivity index (χ1v) is 6.72. The zero-order chi connectivity index (χ0) is 14.0. The van der Waals surface area contributed by atoms with Crippen molar-refractivity contribution in [1.82, 2.24) is 10.2 Å². The molecule has 19 heavy (non-hydrogen) atoms. The predicted molar refractivity (Wildman–Crippen MR) is 67.5 cm³/mol. The summed E-state index contributed by atoms with van der Waals surface area (Å²) in [6, 6.07) is 4.62. The number of nitrogens with zero attached hydrogens (tertiary/aromatic N) is 2. The van der Waals surface area contributed by atoms with E-state index >= 15 is 0 Å². The minimum atomic E-state index is -3.94. The van der Waals surface area contributed by atoms with Gasteiger partial charge in [0, 0.05) is 12.1 Å². The number of halogens is 1. The average Bonchev–Trinajstić information content (AvgIpc) is 2.80. The maximum atomic E-state index is 12.0. The molecule has 2 rings (SSSR count). The molecular weight excluding hydrogens is 296 g/mol. The Bertz CT molecular complexity index is 714. The van der Waals surface area contributed by atoms with Crippen LogP contribution in [0, 0.1) is 10.1 Å².